The fraction of sp³-hybridized carbons (Fsp3) is 0.273. The molecule has 0 saturated heterocycles. The number of hydrazone groups is 1. The van der Waals surface area contributed by atoms with Crippen LogP contribution in [-0.4, -0.2) is 24.5 Å². The summed E-state index contributed by atoms with van der Waals surface area (Å²) >= 11 is 17.4. The molecule has 0 heterocycles. The smallest absolute Gasteiger partial charge is 0.186 e. The number of rotatable bonds is 10. The maximum atomic E-state index is 6.28. The molecule has 0 atom stereocenters. The maximum Gasteiger partial charge on any atom is 0.186 e. The van der Waals surface area contributed by atoms with Gasteiger partial charge >= 0.3 is 0 Å². The van der Waals surface area contributed by atoms with Gasteiger partial charge in [-0.2, -0.15) is 5.10 Å². The highest BCUT2D eigenvalue weighted by molar-refractivity contribution is 7.80. The lowest BCUT2D eigenvalue weighted by atomic mass is 10.1. The second-order valence-electron chi connectivity index (χ2n) is 6.19. The summed E-state index contributed by atoms with van der Waals surface area (Å²) in [5.74, 6) is 1.27. The van der Waals surface area contributed by atoms with Crippen molar-refractivity contribution in [2.75, 3.05) is 13.2 Å². The van der Waals surface area contributed by atoms with Crippen molar-refractivity contribution in [2.45, 2.75) is 26.9 Å². The van der Waals surface area contributed by atoms with Crippen LogP contribution in [0.15, 0.2) is 48.1 Å². The van der Waals surface area contributed by atoms with Gasteiger partial charge < -0.3 is 14.8 Å². The number of hydrogen-bond donors (Lipinski definition) is 2. The first-order chi connectivity index (χ1) is 14.5. The van der Waals surface area contributed by atoms with Gasteiger partial charge in [-0.15, -0.1) is 6.58 Å². The first kappa shape index (κ1) is 24.0. The fourth-order valence-corrected chi connectivity index (χ4v) is 3.31. The molecule has 2 rings (SSSR count). The van der Waals surface area contributed by atoms with Crippen LogP contribution in [0.25, 0.3) is 0 Å². The molecule has 0 bridgehead atoms. The predicted octanol–water partition coefficient (Wildman–Crippen LogP) is 5.52. The lowest BCUT2D eigenvalue weighted by Gasteiger charge is -2.17. The second kappa shape index (κ2) is 12.4. The summed E-state index contributed by atoms with van der Waals surface area (Å²) in [6.45, 7) is 9.23. The van der Waals surface area contributed by atoms with E-state index in [-0.39, 0.29) is 6.61 Å². The summed E-state index contributed by atoms with van der Waals surface area (Å²) in [6.07, 6.45) is 4.10. The molecule has 0 unspecified atom stereocenters. The Hall–Kier alpha value is -2.28. The highest BCUT2D eigenvalue weighted by atomic mass is 35.5. The fourth-order valence-electron chi connectivity index (χ4n) is 2.65. The van der Waals surface area contributed by atoms with Crippen LogP contribution >= 0.6 is 35.4 Å². The van der Waals surface area contributed by atoms with E-state index in [4.69, 9.17) is 44.9 Å². The van der Waals surface area contributed by atoms with E-state index in [2.05, 4.69) is 22.4 Å². The van der Waals surface area contributed by atoms with Crippen molar-refractivity contribution < 1.29 is 9.47 Å². The third kappa shape index (κ3) is 7.20. The Labute approximate surface area is 193 Å². The van der Waals surface area contributed by atoms with Crippen molar-refractivity contribution in [3.05, 3.63) is 69.7 Å². The minimum absolute atomic E-state index is 0.284. The molecule has 5 nitrogen and oxygen atoms in total. The Kier molecular flexibility index (Phi) is 9.94. The molecule has 0 amide bonds. The number of benzene rings is 2. The maximum absolute atomic E-state index is 6.28. The van der Waals surface area contributed by atoms with Crippen LogP contribution in [0.2, 0.25) is 10.0 Å². The minimum Gasteiger partial charge on any atom is -0.490 e. The van der Waals surface area contributed by atoms with Gasteiger partial charge in [0, 0.05) is 27.7 Å². The van der Waals surface area contributed by atoms with Crippen molar-refractivity contribution in [1.29, 1.82) is 0 Å². The predicted molar refractivity (Wildman–Crippen MR) is 129 cm³/mol. The molecule has 0 spiro atoms. The van der Waals surface area contributed by atoms with Crippen LogP contribution in [0, 0.1) is 0 Å². The van der Waals surface area contributed by atoms with Crippen molar-refractivity contribution in [2.24, 2.45) is 5.10 Å². The van der Waals surface area contributed by atoms with Crippen LogP contribution in [0.4, 0.5) is 0 Å². The van der Waals surface area contributed by atoms with E-state index >= 15 is 0 Å². The first-order valence-electron chi connectivity index (χ1n) is 9.52. The average Bonchev–Trinajstić information content (AvgIpc) is 2.69. The molecule has 0 aliphatic heterocycles. The number of allylic oxidation sites excluding steroid dienone is 1. The van der Waals surface area contributed by atoms with Crippen LogP contribution < -0.4 is 20.2 Å². The largest absolute Gasteiger partial charge is 0.490 e. The van der Waals surface area contributed by atoms with Gasteiger partial charge in [0.25, 0.3) is 0 Å². The number of halogens is 2. The van der Waals surface area contributed by atoms with E-state index in [9.17, 15) is 0 Å². The molecule has 2 N–H and O–H groups in total. The van der Waals surface area contributed by atoms with E-state index in [1.807, 2.05) is 38.1 Å². The molecular formula is C22H25Cl2N3O2S. The van der Waals surface area contributed by atoms with Gasteiger partial charge in [-0.1, -0.05) is 35.3 Å². The number of thiocarbonyl (C=S) groups is 1. The quantitative estimate of drug-likeness (QED) is 0.209. The number of nitrogens with zero attached hydrogens (tertiary/aromatic N) is 1. The van der Waals surface area contributed by atoms with Crippen LogP contribution in [0.5, 0.6) is 11.5 Å². The molecule has 30 heavy (non-hydrogen) atoms. The first-order valence-corrected chi connectivity index (χ1v) is 10.7. The van der Waals surface area contributed by atoms with Gasteiger partial charge in [0.05, 0.1) is 12.8 Å². The number of nitrogens with one attached hydrogen (secondary N) is 2. The van der Waals surface area contributed by atoms with Crippen molar-refractivity contribution >= 4 is 46.7 Å². The van der Waals surface area contributed by atoms with Crippen molar-refractivity contribution in [1.82, 2.24) is 10.7 Å². The summed E-state index contributed by atoms with van der Waals surface area (Å²) in [6, 6.07) is 9.17. The summed E-state index contributed by atoms with van der Waals surface area (Å²) in [5, 5.41) is 8.75. The van der Waals surface area contributed by atoms with Gasteiger partial charge in [0.15, 0.2) is 16.6 Å². The number of hydrogen-bond acceptors (Lipinski definition) is 4. The molecule has 0 aliphatic carbocycles. The van der Waals surface area contributed by atoms with Gasteiger partial charge in [-0.05, 0) is 62.3 Å². The Bertz CT molecular complexity index is 919. The van der Waals surface area contributed by atoms with Crippen molar-refractivity contribution in [3.63, 3.8) is 0 Å². The molecular weight excluding hydrogens is 441 g/mol. The zero-order valence-electron chi connectivity index (χ0n) is 17.0. The highest BCUT2D eigenvalue weighted by Gasteiger charge is 2.14. The van der Waals surface area contributed by atoms with Crippen LogP contribution in [0.3, 0.4) is 0 Å². The van der Waals surface area contributed by atoms with Gasteiger partial charge in [-0.3, -0.25) is 5.43 Å². The average molecular weight is 466 g/mol. The Morgan fingerprint density at radius 2 is 1.97 bits per heavy atom. The molecule has 0 aliphatic rings. The lowest BCUT2D eigenvalue weighted by Crippen LogP contribution is -2.31. The van der Waals surface area contributed by atoms with Gasteiger partial charge in [0.2, 0.25) is 0 Å². The zero-order valence-corrected chi connectivity index (χ0v) is 19.3. The van der Waals surface area contributed by atoms with E-state index in [1.54, 1.807) is 18.3 Å². The zero-order chi connectivity index (χ0) is 21.9. The Morgan fingerprint density at radius 1 is 1.17 bits per heavy atom. The lowest BCUT2D eigenvalue weighted by molar-refractivity contribution is 0.267. The van der Waals surface area contributed by atoms with Crippen LogP contribution in [-0.2, 0) is 13.0 Å². The molecule has 0 saturated carbocycles. The third-order valence-corrected chi connectivity index (χ3v) is 4.74. The van der Waals surface area contributed by atoms with E-state index < -0.39 is 0 Å². The van der Waals surface area contributed by atoms with E-state index in [0.29, 0.717) is 39.7 Å². The molecule has 0 aromatic heterocycles. The van der Waals surface area contributed by atoms with Gasteiger partial charge in [0.1, 0.15) is 6.61 Å². The monoisotopic (exact) mass is 465 g/mol. The van der Waals surface area contributed by atoms with Gasteiger partial charge in [-0.25, -0.2) is 0 Å². The summed E-state index contributed by atoms with van der Waals surface area (Å²) < 4.78 is 12.0. The number of ether oxygens (including phenoxy) is 2. The van der Waals surface area contributed by atoms with Crippen LogP contribution in [0.1, 0.15) is 30.5 Å². The van der Waals surface area contributed by atoms with E-state index in [0.717, 1.165) is 23.2 Å². The summed E-state index contributed by atoms with van der Waals surface area (Å²) in [7, 11) is 0. The molecule has 0 radical (unpaired) electrons. The molecule has 2 aromatic rings. The normalized spacial score (nSPS) is 10.7. The topological polar surface area (TPSA) is 54.9 Å². The molecule has 8 heteroatoms. The van der Waals surface area contributed by atoms with Crippen molar-refractivity contribution in [3.8, 4) is 11.5 Å². The SMILES string of the molecule is C=CCc1cc(C=NNC(=S)NCC)cc(OCC)c1OCc1ccc(Cl)cc1Cl. The summed E-state index contributed by atoms with van der Waals surface area (Å²) in [4.78, 5) is 0. The van der Waals surface area contributed by atoms with E-state index in [1.165, 1.54) is 0 Å². The molecule has 2 aromatic carbocycles. The highest BCUT2D eigenvalue weighted by Crippen LogP contribution is 2.35. The Balaban J connectivity index is 2.29. The summed E-state index contributed by atoms with van der Waals surface area (Å²) in [5.41, 5.74) is 5.39. The second-order valence-corrected chi connectivity index (χ2v) is 7.44. The third-order valence-electron chi connectivity index (χ3n) is 3.92. The Morgan fingerprint density at radius 3 is 2.63 bits per heavy atom. The molecule has 0 fully saturated rings. The minimum atomic E-state index is 0.284. The molecule has 160 valence electrons. The standard InChI is InChI=1S/C22H25Cl2N3O2S/c1-4-7-16-10-15(13-26-27-22(30)25-5-2)11-20(28-6-3)21(16)29-14-17-8-9-18(23)12-19(17)24/h4,8-13H,1,5-7,14H2,2-3H3,(H2,25,27,30).